The number of unbranched alkanes of at least 4 members (excludes halogenated alkanes) is 1. The van der Waals surface area contributed by atoms with Crippen molar-refractivity contribution in [3.8, 4) is 0 Å². The number of hydrogen-bond donors (Lipinski definition) is 1. The van der Waals surface area contributed by atoms with E-state index < -0.39 is 0 Å². The molecule has 20 heavy (non-hydrogen) atoms. The van der Waals surface area contributed by atoms with E-state index in [9.17, 15) is 0 Å². The third kappa shape index (κ3) is 4.92. The molecule has 0 spiro atoms. The van der Waals surface area contributed by atoms with Gasteiger partial charge < -0.3 is 10.2 Å². The van der Waals surface area contributed by atoms with Gasteiger partial charge >= 0.3 is 0 Å². The standard InChI is InChI=1S/C18H30N2/c1-3-4-12-18(17-10-6-5-7-11-17)19-14-16-9-8-13-20(2)15-16/h5-7,10-11,16,18-19H,3-4,8-9,12-15H2,1-2H3. The van der Waals surface area contributed by atoms with Crippen LogP contribution in [0.25, 0.3) is 0 Å². The Bertz CT molecular complexity index is 363. The Kier molecular flexibility index (Phi) is 6.55. The molecule has 1 aromatic rings. The number of nitrogens with one attached hydrogen (secondary N) is 1. The SMILES string of the molecule is CCCCC(NCC1CCCN(C)C1)c1ccccc1. The molecular formula is C18H30N2. The van der Waals surface area contributed by atoms with Crippen molar-refractivity contribution in [3.63, 3.8) is 0 Å². The molecule has 0 radical (unpaired) electrons. The van der Waals surface area contributed by atoms with Crippen molar-refractivity contribution in [1.82, 2.24) is 10.2 Å². The van der Waals surface area contributed by atoms with Gasteiger partial charge in [-0.2, -0.15) is 0 Å². The maximum atomic E-state index is 3.83. The average Bonchev–Trinajstić information content (AvgIpc) is 2.48. The number of piperidine rings is 1. The Hall–Kier alpha value is -0.860. The minimum Gasteiger partial charge on any atom is -0.310 e. The number of nitrogens with zero attached hydrogens (tertiary/aromatic N) is 1. The highest BCUT2D eigenvalue weighted by atomic mass is 15.1. The normalized spacial score (nSPS) is 21.8. The van der Waals surface area contributed by atoms with E-state index in [1.54, 1.807) is 0 Å². The number of hydrogen-bond acceptors (Lipinski definition) is 2. The van der Waals surface area contributed by atoms with Crippen LogP contribution in [0.3, 0.4) is 0 Å². The summed E-state index contributed by atoms with van der Waals surface area (Å²) in [6.07, 6.45) is 6.57. The lowest BCUT2D eigenvalue weighted by atomic mass is 9.96. The van der Waals surface area contributed by atoms with E-state index in [0.717, 1.165) is 12.5 Å². The third-order valence-electron chi connectivity index (χ3n) is 4.42. The molecule has 0 aliphatic carbocycles. The first kappa shape index (κ1) is 15.5. The van der Waals surface area contributed by atoms with Gasteiger partial charge in [-0.3, -0.25) is 0 Å². The van der Waals surface area contributed by atoms with Crippen LogP contribution in [0.5, 0.6) is 0 Å². The highest BCUT2D eigenvalue weighted by Crippen LogP contribution is 2.21. The Balaban J connectivity index is 1.87. The molecule has 1 aliphatic rings. The number of likely N-dealkylation sites (tertiary alicyclic amines) is 1. The fraction of sp³-hybridized carbons (Fsp3) is 0.667. The van der Waals surface area contributed by atoms with Crippen LogP contribution in [0.1, 0.15) is 50.6 Å². The van der Waals surface area contributed by atoms with Gasteiger partial charge in [0.15, 0.2) is 0 Å². The van der Waals surface area contributed by atoms with Gasteiger partial charge in [-0.1, -0.05) is 50.1 Å². The van der Waals surface area contributed by atoms with E-state index in [4.69, 9.17) is 0 Å². The van der Waals surface area contributed by atoms with E-state index in [1.807, 2.05) is 0 Å². The first-order chi connectivity index (χ1) is 9.79. The quantitative estimate of drug-likeness (QED) is 0.812. The van der Waals surface area contributed by atoms with E-state index in [1.165, 1.54) is 50.8 Å². The van der Waals surface area contributed by atoms with Crippen molar-refractivity contribution in [1.29, 1.82) is 0 Å². The summed E-state index contributed by atoms with van der Waals surface area (Å²) >= 11 is 0. The molecular weight excluding hydrogens is 244 g/mol. The maximum Gasteiger partial charge on any atom is 0.0320 e. The third-order valence-corrected chi connectivity index (χ3v) is 4.42. The number of benzene rings is 1. The highest BCUT2D eigenvalue weighted by molar-refractivity contribution is 5.18. The van der Waals surface area contributed by atoms with Crippen LogP contribution < -0.4 is 5.32 Å². The van der Waals surface area contributed by atoms with Gasteiger partial charge in [0.05, 0.1) is 0 Å². The Morgan fingerprint density at radius 1 is 1.30 bits per heavy atom. The van der Waals surface area contributed by atoms with Gasteiger partial charge in [0, 0.05) is 12.6 Å². The van der Waals surface area contributed by atoms with E-state index >= 15 is 0 Å². The monoisotopic (exact) mass is 274 g/mol. The summed E-state index contributed by atoms with van der Waals surface area (Å²) in [4.78, 5) is 2.47. The van der Waals surface area contributed by atoms with Gasteiger partial charge in [-0.25, -0.2) is 0 Å². The lowest BCUT2D eigenvalue weighted by Gasteiger charge is -2.31. The van der Waals surface area contributed by atoms with Gasteiger partial charge in [0.25, 0.3) is 0 Å². The fourth-order valence-corrected chi connectivity index (χ4v) is 3.23. The van der Waals surface area contributed by atoms with Crippen LogP contribution in [0.2, 0.25) is 0 Å². The van der Waals surface area contributed by atoms with E-state index in [-0.39, 0.29) is 0 Å². The predicted octanol–water partition coefficient (Wildman–Crippen LogP) is 3.85. The van der Waals surface area contributed by atoms with E-state index in [0.29, 0.717) is 6.04 Å². The van der Waals surface area contributed by atoms with Crippen molar-refractivity contribution in [2.24, 2.45) is 5.92 Å². The van der Waals surface area contributed by atoms with Crippen LogP contribution in [0.4, 0.5) is 0 Å². The molecule has 2 nitrogen and oxygen atoms in total. The molecule has 0 aromatic heterocycles. The topological polar surface area (TPSA) is 15.3 Å². The van der Waals surface area contributed by atoms with E-state index in [2.05, 4.69) is 54.5 Å². The predicted molar refractivity (Wildman–Crippen MR) is 86.9 cm³/mol. The van der Waals surface area contributed by atoms with Crippen LogP contribution >= 0.6 is 0 Å². The fourth-order valence-electron chi connectivity index (χ4n) is 3.23. The van der Waals surface area contributed by atoms with Crippen molar-refractivity contribution in [3.05, 3.63) is 35.9 Å². The summed E-state index contributed by atoms with van der Waals surface area (Å²) in [5, 5.41) is 3.83. The molecule has 2 rings (SSSR count). The van der Waals surface area contributed by atoms with Crippen molar-refractivity contribution in [2.45, 2.75) is 45.1 Å². The van der Waals surface area contributed by atoms with Crippen molar-refractivity contribution < 1.29 is 0 Å². The lowest BCUT2D eigenvalue weighted by Crippen LogP contribution is -2.38. The highest BCUT2D eigenvalue weighted by Gasteiger charge is 2.18. The summed E-state index contributed by atoms with van der Waals surface area (Å²) in [6, 6.07) is 11.5. The van der Waals surface area contributed by atoms with Crippen LogP contribution in [-0.2, 0) is 0 Å². The minimum atomic E-state index is 0.531. The molecule has 112 valence electrons. The van der Waals surface area contributed by atoms with Gasteiger partial charge in [-0.15, -0.1) is 0 Å². The lowest BCUT2D eigenvalue weighted by molar-refractivity contribution is 0.202. The molecule has 0 saturated carbocycles. The molecule has 1 N–H and O–H groups in total. The molecule has 1 aliphatic heterocycles. The summed E-state index contributed by atoms with van der Waals surface area (Å²) in [5.41, 5.74) is 1.45. The smallest absolute Gasteiger partial charge is 0.0320 e. The van der Waals surface area contributed by atoms with Gasteiger partial charge in [-0.05, 0) is 50.9 Å². The molecule has 2 atom stereocenters. The molecule has 1 saturated heterocycles. The average molecular weight is 274 g/mol. The molecule has 1 aromatic carbocycles. The molecule has 0 amide bonds. The zero-order valence-electron chi connectivity index (χ0n) is 13.1. The molecule has 2 unspecified atom stereocenters. The largest absolute Gasteiger partial charge is 0.310 e. The van der Waals surface area contributed by atoms with Gasteiger partial charge in [0.1, 0.15) is 0 Å². The molecule has 2 heteroatoms. The summed E-state index contributed by atoms with van der Waals surface area (Å²) in [7, 11) is 2.25. The van der Waals surface area contributed by atoms with Crippen molar-refractivity contribution >= 4 is 0 Å². The molecule has 0 bridgehead atoms. The van der Waals surface area contributed by atoms with Crippen LogP contribution in [-0.4, -0.2) is 31.6 Å². The van der Waals surface area contributed by atoms with Crippen LogP contribution in [0.15, 0.2) is 30.3 Å². The number of rotatable bonds is 7. The zero-order chi connectivity index (χ0) is 14.2. The second kappa shape index (κ2) is 8.43. The van der Waals surface area contributed by atoms with Crippen molar-refractivity contribution in [2.75, 3.05) is 26.7 Å². The summed E-state index contributed by atoms with van der Waals surface area (Å²) in [5.74, 6) is 0.821. The first-order valence-electron chi connectivity index (χ1n) is 8.26. The second-order valence-corrected chi connectivity index (χ2v) is 6.28. The molecule has 1 fully saturated rings. The maximum absolute atomic E-state index is 3.83. The Morgan fingerprint density at radius 3 is 2.80 bits per heavy atom. The minimum absolute atomic E-state index is 0.531. The molecule has 1 heterocycles. The van der Waals surface area contributed by atoms with Crippen LogP contribution in [0, 0.1) is 5.92 Å². The second-order valence-electron chi connectivity index (χ2n) is 6.28. The zero-order valence-corrected chi connectivity index (χ0v) is 13.1. The first-order valence-corrected chi connectivity index (χ1v) is 8.26. The summed E-state index contributed by atoms with van der Waals surface area (Å²) in [6.45, 7) is 5.96. The van der Waals surface area contributed by atoms with Gasteiger partial charge in [0.2, 0.25) is 0 Å². The Morgan fingerprint density at radius 2 is 2.10 bits per heavy atom. The Labute approximate surface area is 124 Å². The summed E-state index contributed by atoms with van der Waals surface area (Å²) < 4.78 is 0.